The molecule has 1 rings (SSSR count). The third-order valence-corrected chi connectivity index (χ3v) is 3.06. The Morgan fingerprint density at radius 2 is 2.06 bits per heavy atom. The van der Waals surface area contributed by atoms with Crippen LogP contribution in [0, 0.1) is 5.92 Å². The molecule has 0 aromatic rings. The molecule has 0 aromatic heterocycles. The number of rotatable bonds is 3. The lowest BCUT2D eigenvalue weighted by Gasteiger charge is -2.24. The van der Waals surface area contributed by atoms with Crippen molar-refractivity contribution in [3.63, 3.8) is 0 Å². The molecule has 1 N–H and O–H groups in total. The molecule has 1 unspecified atom stereocenters. The summed E-state index contributed by atoms with van der Waals surface area (Å²) in [6, 6.07) is -0.621. The highest BCUT2D eigenvalue weighted by atomic mass is 35.5. The Hall–Kier alpha value is -0.130. The van der Waals surface area contributed by atoms with Gasteiger partial charge in [0.2, 0.25) is 5.91 Å². The van der Waals surface area contributed by atoms with Crippen LogP contribution in [-0.2, 0) is 9.59 Å². The SMILES string of the molecule is C[C@H](CS)C(=O)N1CCCC1C(=O)O.Cl.Cl. The minimum absolute atomic E-state index is 0. The number of carbonyl (C=O) groups excluding carboxylic acids is 1. The van der Waals surface area contributed by atoms with E-state index in [2.05, 4.69) is 12.6 Å². The molecule has 1 aliphatic rings. The van der Waals surface area contributed by atoms with E-state index >= 15 is 0 Å². The molecule has 4 nitrogen and oxygen atoms in total. The third kappa shape index (κ3) is 4.03. The van der Waals surface area contributed by atoms with Gasteiger partial charge in [0.1, 0.15) is 6.04 Å². The summed E-state index contributed by atoms with van der Waals surface area (Å²) in [5.41, 5.74) is 0. The smallest absolute Gasteiger partial charge is 0.326 e. The Balaban J connectivity index is 0. The third-order valence-electron chi connectivity index (χ3n) is 2.52. The lowest BCUT2D eigenvalue weighted by Crippen LogP contribution is -2.43. The number of hydrogen-bond donors (Lipinski definition) is 2. The minimum Gasteiger partial charge on any atom is -0.480 e. The van der Waals surface area contributed by atoms with Crippen molar-refractivity contribution < 1.29 is 14.7 Å². The summed E-state index contributed by atoms with van der Waals surface area (Å²) in [5, 5.41) is 8.87. The van der Waals surface area contributed by atoms with Gasteiger partial charge >= 0.3 is 5.97 Å². The second-order valence-electron chi connectivity index (χ2n) is 3.61. The van der Waals surface area contributed by atoms with Gasteiger partial charge in [-0.3, -0.25) is 4.79 Å². The maximum atomic E-state index is 11.7. The van der Waals surface area contributed by atoms with Gasteiger partial charge in [0.05, 0.1) is 0 Å². The molecule has 0 bridgehead atoms. The molecule has 7 heteroatoms. The molecule has 16 heavy (non-hydrogen) atoms. The molecule has 1 fully saturated rings. The normalized spacial score (nSPS) is 20.6. The van der Waals surface area contributed by atoms with Crippen LogP contribution in [0.1, 0.15) is 19.8 Å². The largest absolute Gasteiger partial charge is 0.480 e. The number of nitrogens with zero attached hydrogens (tertiary/aromatic N) is 1. The molecule has 1 aliphatic heterocycles. The van der Waals surface area contributed by atoms with E-state index in [1.165, 1.54) is 4.90 Å². The van der Waals surface area contributed by atoms with Crippen molar-refractivity contribution in [2.75, 3.05) is 12.3 Å². The van der Waals surface area contributed by atoms with E-state index < -0.39 is 12.0 Å². The first kappa shape index (κ1) is 18.2. The number of carboxylic acid groups (broad SMARTS) is 1. The number of carbonyl (C=O) groups is 2. The van der Waals surface area contributed by atoms with Gasteiger partial charge in [-0.2, -0.15) is 12.6 Å². The Labute approximate surface area is 113 Å². The molecular formula is C9H17Cl2NO3S. The molecule has 1 amide bonds. The van der Waals surface area contributed by atoms with Crippen molar-refractivity contribution in [1.82, 2.24) is 4.90 Å². The van der Waals surface area contributed by atoms with E-state index in [-0.39, 0.29) is 36.6 Å². The zero-order valence-electron chi connectivity index (χ0n) is 8.96. The minimum atomic E-state index is -0.901. The van der Waals surface area contributed by atoms with E-state index in [1.807, 2.05) is 0 Å². The van der Waals surface area contributed by atoms with Crippen molar-refractivity contribution >= 4 is 49.3 Å². The van der Waals surface area contributed by atoms with Gasteiger partial charge < -0.3 is 10.0 Å². The number of hydrogen-bond acceptors (Lipinski definition) is 3. The summed E-state index contributed by atoms with van der Waals surface area (Å²) >= 11 is 4.03. The molecule has 2 atom stereocenters. The van der Waals surface area contributed by atoms with Gasteiger partial charge in [-0.15, -0.1) is 24.8 Å². The van der Waals surface area contributed by atoms with Crippen molar-refractivity contribution in [2.24, 2.45) is 5.92 Å². The van der Waals surface area contributed by atoms with Crippen LogP contribution in [0.5, 0.6) is 0 Å². The first-order valence-corrected chi connectivity index (χ1v) is 5.35. The van der Waals surface area contributed by atoms with Gasteiger partial charge in [-0.1, -0.05) is 6.92 Å². The topological polar surface area (TPSA) is 57.6 Å². The van der Waals surface area contributed by atoms with Crippen LogP contribution in [0.25, 0.3) is 0 Å². The van der Waals surface area contributed by atoms with Crippen molar-refractivity contribution in [2.45, 2.75) is 25.8 Å². The highest BCUT2D eigenvalue weighted by Crippen LogP contribution is 2.20. The fourth-order valence-corrected chi connectivity index (χ4v) is 1.80. The molecule has 0 saturated carbocycles. The number of aliphatic carboxylic acids is 1. The van der Waals surface area contributed by atoms with Crippen LogP contribution >= 0.6 is 37.4 Å². The summed E-state index contributed by atoms with van der Waals surface area (Å²) in [4.78, 5) is 24.0. The molecular weight excluding hydrogens is 273 g/mol. The quantitative estimate of drug-likeness (QED) is 0.774. The summed E-state index contributed by atoms with van der Waals surface area (Å²) in [6.07, 6.45) is 1.35. The maximum absolute atomic E-state index is 11.7. The van der Waals surface area contributed by atoms with Crippen LogP contribution in [0.4, 0.5) is 0 Å². The number of amides is 1. The molecule has 0 aromatic carbocycles. The second kappa shape index (κ2) is 8.03. The molecule has 1 saturated heterocycles. The highest BCUT2D eigenvalue weighted by molar-refractivity contribution is 7.80. The second-order valence-corrected chi connectivity index (χ2v) is 3.98. The number of carboxylic acids is 1. The Bertz CT molecular complexity index is 253. The zero-order chi connectivity index (χ0) is 10.7. The van der Waals surface area contributed by atoms with E-state index in [9.17, 15) is 9.59 Å². The lowest BCUT2D eigenvalue weighted by molar-refractivity contribution is -0.149. The van der Waals surface area contributed by atoms with Crippen molar-refractivity contribution in [3.05, 3.63) is 0 Å². The lowest BCUT2D eigenvalue weighted by atomic mass is 10.1. The van der Waals surface area contributed by atoms with Gasteiger partial charge in [0, 0.05) is 18.2 Å². The average Bonchev–Trinajstić information content (AvgIpc) is 2.63. The van der Waals surface area contributed by atoms with E-state index in [1.54, 1.807) is 6.92 Å². The van der Waals surface area contributed by atoms with Crippen LogP contribution in [0.15, 0.2) is 0 Å². The first-order chi connectivity index (χ1) is 6.57. The number of halogens is 2. The summed E-state index contributed by atoms with van der Waals surface area (Å²) in [7, 11) is 0. The monoisotopic (exact) mass is 289 g/mol. The molecule has 1 heterocycles. The van der Waals surface area contributed by atoms with Crippen LogP contribution in [0.3, 0.4) is 0 Å². The van der Waals surface area contributed by atoms with E-state index in [0.717, 1.165) is 6.42 Å². The molecule has 96 valence electrons. The highest BCUT2D eigenvalue weighted by Gasteiger charge is 2.35. The average molecular weight is 290 g/mol. The van der Waals surface area contributed by atoms with Crippen LogP contribution < -0.4 is 0 Å². The Morgan fingerprint density at radius 3 is 2.50 bits per heavy atom. The number of likely N-dealkylation sites (tertiary alicyclic amines) is 1. The summed E-state index contributed by atoms with van der Waals surface area (Å²) < 4.78 is 0. The fraction of sp³-hybridized carbons (Fsp3) is 0.778. The van der Waals surface area contributed by atoms with Gasteiger partial charge in [-0.25, -0.2) is 4.79 Å². The van der Waals surface area contributed by atoms with Crippen molar-refractivity contribution in [3.8, 4) is 0 Å². The standard InChI is InChI=1S/C9H15NO3S.2ClH/c1-6(5-14)8(11)10-4-2-3-7(10)9(12)13;;/h6-7,14H,2-5H2,1H3,(H,12,13);2*1H/t6-,7?;;/m1../s1. The van der Waals surface area contributed by atoms with Gasteiger partial charge in [0.25, 0.3) is 0 Å². The first-order valence-electron chi connectivity index (χ1n) is 4.72. The van der Waals surface area contributed by atoms with Crippen LogP contribution in [0.2, 0.25) is 0 Å². The molecule has 0 aliphatic carbocycles. The maximum Gasteiger partial charge on any atom is 0.326 e. The Kier molecular flexibility index (Phi) is 9.16. The summed E-state index contributed by atoms with van der Waals surface area (Å²) in [6.45, 7) is 2.33. The van der Waals surface area contributed by atoms with Gasteiger partial charge in [-0.05, 0) is 12.8 Å². The van der Waals surface area contributed by atoms with Crippen molar-refractivity contribution in [1.29, 1.82) is 0 Å². The van der Waals surface area contributed by atoms with Gasteiger partial charge in [0.15, 0.2) is 0 Å². The zero-order valence-corrected chi connectivity index (χ0v) is 11.5. The Morgan fingerprint density at radius 1 is 1.50 bits per heavy atom. The molecule has 0 spiro atoms. The van der Waals surface area contributed by atoms with E-state index in [0.29, 0.717) is 18.7 Å². The van der Waals surface area contributed by atoms with Crippen LogP contribution in [-0.4, -0.2) is 40.2 Å². The predicted octanol–water partition coefficient (Wildman–Crippen LogP) is 1.47. The predicted molar refractivity (Wildman–Crippen MR) is 69.9 cm³/mol. The fourth-order valence-electron chi connectivity index (χ4n) is 1.65. The number of thiol groups is 1. The summed E-state index contributed by atoms with van der Waals surface area (Å²) in [5.74, 6) is -0.729. The van der Waals surface area contributed by atoms with E-state index in [4.69, 9.17) is 5.11 Å². The molecule has 0 radical (unpaired) electrons.